The first-order valence-electron chi connectivity index (χ1n) is 7.89. The number of hydrogen-bond donors (Lipinski definition) is 0. The molecule has 0 aliphatic heterocycles. The van der Waals surface area contributed by atoms with Gasteiger partial charge in [-0.25, -0.2) is 14.3 Å². The van der Waals surface area contributed by atoms with Crippen LogP contribution >= 0.6 is 0 Å². The molecule has 0 fully saturated rings. The maximum atomic E-state index is 12.5. The van der Waals surface area contributed by atoms with Crippen molar-refractivity contribution in [2.75, 3.05) is 14.2 Å². The molecule has 0 saturated carbocycles. The Labute approximate surface area is 149 Å². The Hall–Kier alpha value is -3.42. The SMILES string of the molecule is CCn1nnc2cc(C(=O)Oc3ccc(C(=O)OC)cc3OC)ccc21. The van der Waals surface area contributed by atoms with Gasteiger partial charge in [-0.05, 0) is 43.3 Å². The summed E-state index contributed by atoms with van der Waals surface area (Å²) in [5.41, 5.74) is 2.07. The van der Waals surface area contributed by atoms with E-state index in [0.29, 0.717) is 23.2 Å². The molecular weight excluding hydrogens is 338 g/mol. The number of methoxy groups -OCH3 is 2. The molecule has 0 radical (unpaired) electrons. The van der Waals surface area contributed by atoms with Gasteiger partial charge in [0.05, 0.1) is 30.9 Å². The highest BCUT2D eigenvalue weighted by Crippen LogP contribution is 2.29. The Kier molecular flexibility index (Phi) is 4.83. The minimum absolute atomic E-state index is 0.197. The second-order valence-electron chi connectivity index (χ2n) is 5.36. The topological polar surface area (TPSA) is 92.5 Å². The highest BCUT2D eigenvalue weighted by molar-refractivity contribution is 5.95. The highest BCUT2D eigenvalue weighted by atomic mass is 16.6. The highest BCUT2D eigenvalue weighted by Gasteiger charge is 2.16. The summed E-state index contributed by atoms with van der Waals surface area (Å²) >= 11 is 0. The van der Waals surface area contributed by atoms with E-state index in [1.165, 1.54) is 32.4 Å². The quantitative estimate of drug-likeness (QED) is 0.513. The van der Waals surface area contributed by atoms with Crippen molar-refractivity contribution in [2.45, 2.75) is 13.5 Å². The van der Waals surface area contributed by atoms with E-state index in [1.807, 2.05) is 6.92 Å². The van der Waals surface area contributed by atoms with E-state index >= 15 is 0 Å². The van der Waals surface area contributed by atoms with E-state index in [-0.39, 0.29) is 11.5 Å². The summed E-state index contributed by atoms with van der Waals surface area (Å²) in [5.74, 6) is -0.630. The van der Waals surface area contributed by atoms with Crippen molar-refractivity contribution in [1.82, 2.24) is 15.0 Å². The summed E-state index contributed by atoms with van der Waals surface area (Å²) < 4.78 is 17.0. The van der Waals surface area contributed by atoms with Crippen molar-refractivity contribution < 1.29 is 23.8 Å². The fraction of sp³-hybridized carbons (Fsp3) is 0.222. The van der Waals surface area contributed by atoms with Gasteiger partial charge in [-0.1, -0.05) is 5.21 Å². The molecule has 0 N–H and O–H groups in total. The summed E-state index contributed by atoms with van der Waals surface area (Å²) in [6, 6.07) is 9.46. The Morgan fingerprint density at radius 1 is 1.00 bits per heavy atom. The van der Waals surface area contributed by atoms with Gasteiger partial charge < -0.3 is 14.2 Å². The summed E-state index contributed by atoms with van der Waals surface area (Å²) in [5, 5.41) is 8.05. The summed E-state index contributed by atoms with van der Waals surface area (Å²) in [7, 11) is 2.70. The molecule has 8 nitrogen and oxygen atoms in total. The van der Waals surface area contributed by atoms with Crippen molar-refractivity contribution in [3.8, 4) is 11.5 Å². The van der Waals surface area contributed by atoms with Gasteiger partial charge in [-0.2, -0.15) is 0 Å². The average Bonchev–Trinajstić information content (AvgIpc) is 3.09. The lowest BCUT2D eigenvalue weighted by molar-refractivity contribution is 0.0600. The monoisotopic (exact) mass is 355 g/mol. The zero-order chi connectivity index (χ0) is 18.7. The number of ether oxygens (including phenoxy) is 3. The molecule has 0 amide bonds. The molecule has 0 saturated heterocycles. The lowest BCUT2D eigenvalue weighted by atomic mass is 10.2. The third kappa shape index (κ3) is 3.21. The number of carbonyl (C=O) groups excluding carboxylic acids is 2. The molecular formula is C18H17N3O5. The van der Waals surface area contributed by atoms with Gasteiger partial charge in [0.1, 0.15) is 5.52 Å². The van der Waals surface area contributed by atoms with Gasteiger partial charge in [0.2, 0.25) is 0 Å². The number of rotatable bonds is 5. The molecule has 1 aromatic heterocycles. The molecule has 0 aliphatic rings. The Morgan fingerprint density at radius 3 is 2.42 bits per heavy atom. The van der Waals surface area contributed by atoms with Crippen molar-refractivity contribution in [3.63, 3.8) is 0 Å². The average molecular weight is 355 g/mol. The largest absolute Gasteiger partial charge is 0.493 e. The number of aromatic nitrogens is 3. The van der Waals surface area contributed by atoms with E-state index in [1.54, 1.807) is 22.9 Å². The van der Waals surface area contributed by atoms with Crippen LogP contribution in [0.3, 0.4) is 0 Å². The van der Waals surface area contributed by atoms with Crippen LogP contribution in [0.15, 0.2) is 36.4 Å². The normalized spacial score (nSPS) is 10.6. The van der Waals surface area contributed by atoms with Gasteiger partial charge in [-0.15, -0.1) is 5.10 Å². The second-order valence-corrected chi connectivity index (χ2v) is 5.36. The molecule has 2 aromatic carbocycles. The third-order valence-corrected chi connectivity index (χ3v) is 3.84. The predicted octanol–water partition coefficient (Wildman–Crippen LogP) is 2.47. The summed E-state index contributed by atoms with van der Waals surface area (Å²) in [6.07, 6.45) is 0. The van der Waals surface area contributed by atoms with E-state index in [9.17, 15) is 9.59 Å². The van der Waals surface area contributed by atoms with Crippen LogP contribution in [-0.4, -0.2) is 41.2 Å². The van der Waals surface area contributed by atoms with Crippen molar-refractivity contribution in [3.05, 3.63) is 47.5 Å². The second kappa shape index (κ2) is 7.22. The number of fused-ring (bicyclic) bond motifs is 1. The first-order valence-corrected chi connectivity index (χ1v) is 7.89. The standard InChI is InChI=1S/C18H17N3O5/c1-4-21-14-7-5-11(9-13(14)19-20-21)18(23)26-15-8-6-12(17(22)25-3)10-16(15)24-2/h5-10H,4H2,1-3H3. The molecule has 134 valence electrons. The van der Waals surface area contributed by atoms with E-state index < -0.39 is 11.9 Å². The third-order valence-electron chi connectivity index (χ3n) is 3.84. The number of nitrogens with zero attached hydrogens (tertiary/aromatic N) is 3. The van der Waals surface area contributed by atoms with Crippen LogP contribution in [0.5, 0.6) is 11.5 Å². The van der Waals surface area contributed by atoms with Crippen molar-refractivity contribution in [2.24, 2.45) is 0 Å². The van der Waals surface area contributed by atoms with Crippen LogP contribution in [0.2, 0.25) is 0 Å². The van der Waals surface area contributed by atoms with Crippen LogP contribution < -0.4 is 9.47 Å². The lowest BCUT2D eigenvalue weighted by Crippen LogP contribution is -2.10. The number of esters is 2. The van der Waals surface area contributed by atoms with Crippen molar-refractivity contribution in [1.29, 1.82) is 0 Å². The number of aryl methyl sites for hydroxylation is 1. The van der Waals surface area contributed by atoms with Gasteiger partial charge in [0.25, 0.3) is 0 Å². The number of hydrogen-bond acceptors (Lipinski definition) is 7. The van der Waals surface area contributed by atoms with Crippen LogP contribution in [0.4, 0.5) is 0 Å². The molecule has 0 atom stereocenters. The van der Waals surface area contributed by atoms with Gasteiger partial charge in [0.15, 0.2) is 11.5 Å². The first kappa shape index (κ1) is 17.4. The van der Waals surface area contributed by atoms with E-state index in [2.05, 4.69) is 15.0 Å². The molecule has 3 aromatic rings. The fourth-order valence-electron chi connectivity index (χ4n) is 2.49. The zero-order valence-electron chi connectivity index (χ0n) is 14.6. The van der Waals surface area contributed by atoms with Crippen LogP contribution in [-0.2, 0) is 11.3 Å². The zero-order valence-corrected chi connectivity index (χ0v) is 14.6. The summed E-state index contributed by atoms with van der Waals surface area (Å²) in [4.78, 5) is 24.0. The number of benzene rings is 2. The maximum Gasteiger partial charge on any atom is 0.343 e. The maximum absolute atomic E-state index is 12.5. The Bertz CT molecular complexity index is 980. The first-order chi connectivity index (χ1) is 12.6. The molecule has 1 heterocycles. The minimum Gasteiger partial charge on any atom is -0.493 e. The van der Waals surface area contributed by atoms with E-state index in [4.69, 9.17) is 9.47 Å². The Morgan fingerprint density at radius 2 is 1.73 bits per heavy atom. The lowest BCUT2D eigenvalue weighted by Gasteiger charge is -2.10. The van der Waals surface area contributed by atoms with Gasteiger partial charge in [0, 0.05) is 6.54 Å². The predicted molar refractivity (Wildman–Crippen MR) is 92.5 cm³/mol. The minimum atomic E-state index is -0.568. The van der Waals surface area contributed by atoms with Gasteiger partial charge >= 0.3 is 11.9 Å². The molecule has 0 bridgehead atoms. The van der Waals surface area contributed by atoms with Crippen molar-refractivity contribution >= 4 is 23.0 Å². The molecule has 26 heavy (non-hydrogen) atoms. The van der Waals surface area contributed by atoms with Gasteiger partial charge in [-0.3, -0.25) is 0 Å². The van der Waals surface area contributed by atoms with Crippen LogP contribution in [0.1, 0.15) is 27.6 Å². The Balaban J connectivity index is 1.86. The fourth-order valence-corrected chi connectivity index (χ4v) is 2.49. The molecule has 8 heteroatoms. The smallest absolute Gasteiger partial charge is 0.343 e. The van der Waals surface area contributed by atoms with E-state index in [0.717, 1.165) is 5.52 Å². The number of carbonyl (C=O) groups is 2. The van der Waals surface area contributed by atoms with Crippen LogP contribution in [0.25, 0.3) is 11.0 Å². The molecule has 0 unspecified atom stereocenters. The molecule has 0 spiro atoms. The molecule has 0 aliphatic carbocycles. The molecule has 3 rings (SSSR count). The van der Waals surface area contributed by atoms with Crippen LogP contribution in [0, 0.1) is 0 Å². The summed E-state index contributed by atoms with van der Waals surface area (Å²) in [6.45, 7) is 2.64.